The Morgan fingerprint density at radius 2 is 1.85 bits per heavy atom. The Balaban J connectivity index is 1.37. The molecule has 5 nitrogen and oxygen atoms in total. The zero-order chi connectivity index (χ0) is 18.3. The van der Waals surface area contributed by atoms with E-state index in [1.165, 1.54) is 11.1 Å². The van der Waals surface area contributed by atoms with Gasteiger partial charge in [-0.05, 0) is 40.8 Å². The second kappa shape index (κ2) is 6.24. The lowest BCUT2D eigenvalue weighted by Crippen LogP contribution is -2.34. The minimum atomic E-state index is -0.141. The molecule has 0 saturated carbocycles. The van der Waals surface area contributed by atoms with Crippen molar-refractivity contribution in [2.45, 2.75) is 38.7 Å². The van der Waals surface area contributed by atoms with E-state index in [0.717, 1.165) is 12.2 Å². The number of carbonyl (C=O) groups excluding carboxylic acids is 1. The quantitative estimate of drug-likeness (QED) is 0.918. The normalized spacial score (nSPS) is 17.6. The number of fused-ring (bicyclic) bond motifs is 2. The highest BCUT2D eigenvalue weighted by molar-refractivity contribution is 5.94. The van der Waals surface area contributed by atoms with Gasteiger partial charge in [-0.15, -0.1) is 0 Å². The third-order valence-corrected chi connectivity index (χ3v) is 4.79. The molecule has 0 radical (unpaired) electrons. The molecule has 0 spiro atoms. The summed E-state index contributed by atoms with van der Waals surface area (Å²) in [4.78, 5) is 12.4. The lowest BCUT2D eigenvalue weighted by atomic mass is 9.86. The summed E-state index contributed by atoms with van der Waals surface area (Å²) in [5.74, 6) is 2.06. The van der Waals surface area contributed by atoms with Gasteiger partial charge in [0.2, 0.25) is 6.79 Å². The number of nitrogens with one attached hydrogen (secondary N) is 1. The van der Waals surface area contributed by atoms with Gasteiger partial charge in [0.1, 0.15) is 11.9 Å². The number of rotatable bonds is 3. The van der Waals surface area contributed by atoms with Gasteiger partial charge in [-0.3, -0.25) is 4.79 Å². The molecule has 2 aliphatic rings. The van der Waals surface area contributed by atoms with E-state index in [1.807, 2.05) is 6.07 Å². The van der Waals surface area contributed by atoms with Gasteiger partial charge >= 0.3 is 0 Å². The van der Waals surface area contributed by atoms with Crippen molar-refractivity contribution in [3.05, 3.63) is 53.1 Å². The van der Waals surface area contributed by atoms with Gasteiger partial charge in [0.25, 0.3) is 5.91 Å². The van der Waals surface area contributed by atoms with Crippen LogP contribution in [0.1, 0.15) is 42.3 Å². The fourth-order valence-electron chi connectivity index (χ4n) is 3.25. The predicted molar refractivity (Wildman–Crippen MR) is 98.2 cm³/mol. The average Bonchev–Trinajstić information content (AvgIpc) is 3.23. The second-order valence-electron chi connectivity index (χ2n) is 7.79. The first-order valence-corrected chi connectivity index (χ1v) is 8.88. The lowest BCUT2D eigenvalue weighted by Gasteiger charge is -2.19. The van der Waals surface area contributed by atoms with E-state index in [-0.39, 0.29) is 24.2 Å². The van der Waals surface area contributed by atoms with Gasteiger partial charge < -0.3 is 19.5 Å². The molecule has 26 heavy (non-hydrogen) atoms. The monoisotopic (exact) mass is 353 g/mol. The van der Waals surface area contributed by atoms with Crippen molar-refractivity contribution >= 4 is 5.91 Å². The van der Waals surface area contributed by atoms with Crippen LogP contribution in [0, 0.1) is 0 Å². The number of hydrogen-bond acceptors (Lipinski definition) is 4. The van der Waals surface area contributed by atoms with E-state index >= 15 is 0 Å². The largest absolute Gasteiger partial charge is 0.488 e. The summed E-state index contributed by atoms with van der Waals surface area (Å²) >= 11 is 0. The molecular formula is C21H23NO4. The van der Waals surface area contributed by atoms with Gasteiger partial charge in [0.15, 0.2) is 11.5 Å². The molecule has 4 rings (SSSR count). The van der Waals surface area contributed by atoms with Crippen molar-refractivity contribution in [1.82, 2.24) is 5.32 Å². The summed E-state index contributed by atoms with van der Waals surface area (Å²) in [6.07, 6.45) is 0.763. The number of amides is 1. The number of hydrogen-bond donors (Lipinski definition) is 1. The minimum Gasteiger partial charge on any atom is -0.488 e. The summed E-state index contributed by atoms with van der Waals surface area (Å²) in [6.45, 7) is 7.27. The van der Waals surface area contributed by atoms with Crippen LogP contribution < -0.4 is 19.5 Å². The summed E-state index contributed by atoms with van der Waals surface area (Å²) < 4.78 is 16.6. The van der Waals surface area contributed by atoms with Crippen molar-refractivity contribution in [3.8, 4) is 17.2 Å². The molecule has 0 aliphatic carbocycles. The van der Waals surface area contributed by atoms with Crippen LogP contribution in [0.15, 0.2) is 36.4 Å². The Labute approximate surface area is 153 Å². The summed E-state index contributed by atoms with van der Waals surface area (Å²) in [7, 11) is 0. The van der Waals surface area contributed by atoms with E-state index < -0.39 is 0 Å². The highest BCUT2D eigenvalue weighted by atomic mass is 16.7. The van der Waals surface area contributed by atoms with Crippen molar-refractivity contribution < 1.29 is 19.0 Å². The molecule has 1 atom stereocenters. The first-order valence-electron chi connectivity index (χ1n) is 8.88. The van der Waals surface area contributed by atoms with Crippen LogP contribution in [0.25, 0.3) is 0 Å². The minimum absolute atomic E-state index is 0.0434. The van der Waals surface area contributed by atoms with Crippen LogP contribution >= 0.6 is 0 Å². The van der Waals surface area contributed by atoms with E-state index in [2.05, 4.69) is 38.2 Å². The first-order chi connectivity index (χ1) is 12.4. The smallest absolute Gasteiger partial charge is 0.251 e. The predicted octanol–water partition coefficient (Wildman–Crippen LogP) is 3.45. The zero-order valence-electron chi connectivity index (χ0n) is 15.3. The van der Waals surface area contributed by atoms with Crippen LogP contribution in [0.2, 0.25) is 0 Å². The molecule has 5 heteroatoms. The van der Waals surface area contributed by atoms with Crippen LogP contribution in [0.3, 0.4) is 0 Å². The van der Waals surface area contributed by atoms with Gasteiger partial charge in [-0.2, -0.15) is 0 Å². The Bertz CT molecular complexity index is 854. The molecule has 0 bridgehead atoms. The number of ether oxygens (including phenoxy) is 3. The SMILES string of the molecule is CC(C)(C)c1ccc2c(c1)C[C@H](CNC(=O)c1ccc3c(c1)OCO3)O2. The second-order valence-corrected chi connectivity index (χ2v) is 7.79. The zero-order valence-corrected chi connectivity index (χ0v) is 15.3. The van der Waals surface area contributed by atoms with Gasteiger partial charge in [-0.1, -0.05) is 32.9 Å². The fourth-order valence-corrected chi connectivity index (χ4v) is 3.25. The Morgan fingerprint density at radius 1 is 1.08 bits per heavy atom. The maximum Gasteiger partial charge on any atom is 0.251 e. The van der Waals surface area contributed by atoms with E-state index in [1.54, 1.807) is 18.2 Å². The maximum atomic E-state index is 12.4. The summed E-state index contributed by atoms with van der Waals surface area (Å²) in [5, 5.41) is 2.95. The molecule has 0 fully saturated rings. The third kappa shape index (κ3) is 3.21. The fraction of sp³-hybridized carbons (Fsp3) is 0.381. The average molecular weight is 353 g/mol. The Kier molecular flexibility index (Phi) is 4.02. The molecule has 1 amide bonds. The molecule has 2 aromatic rings. The molecule has 0 unspecified atom stereocenters. The van der Waals surface area contributed by atoms with Crippen LogP contribution in [-0.4, -0.2) is 25.3 Å². The molecule has 1 N–H and O–H groups in total. The summed E-state index contributed by atoms with van der Waals surface area (Å²) in [6, 6.07) is 11.6. The highest BCUT2D eigenvalue weighted by Gasteiger charge is 2.26. The van der Waals surface area contributed by atoms with E-state index in [4.69, 9.17) is 14.2 Å². The van der Waals surface area contributed by atoms with Gasteiger partial charge in [-0.25, -0.2) is 0 Å². The van der Waals surface area contributed by atoms with E-state index in [9.17, 15) is 4.79 Å². The van der Waals surface area contributed by atoms with Gasteiger partial charge in [0.05, 0.1) is 6.54 Å². The topological polar surface area (TPSA) is 56.8 Å². The number of benzene rings is 2. The highest BCUT2D eigenvalue weighted by Crippen LogP contribution is 2.34. The maximum absolute atomic E-state index is 12.4. The van der Waals surface area contributed by atoms with E-state index in [0.29, 0.717) is 23.6 Å². The Morgan fingerprint density at radius 3 is 2.65 bits per heavy atom. The van der Waals surface area contributed by atoms with Crippen LogP contribution in [0.4, 0.5) is 0 Å². The lowest BCUT2D eigenvalue weighted by molar-refractivity contribution is 0.0933. The molecule has 2 heterocycles. The number of carbonyl (C=O) groups is 1. The first kappa shape index (κ1) is 16.8. The standard InChI is InChI=1S/C21H23NO4/c1-21(2,3)15-5-7-17-14(8-15)9-16(26-17)11-22-20(23)13-4-6-18-19(10-13)25-12-24-18/h4-8,10,16H,9,11-12H2,1-3H3,(H,22,23)/t16-/m1/s1. The van der Waals surface area contributed by atoms with Crippen molar-refractivity contribution in [3.63, 3.8) is 0 Å². The molecular weight excluding hydrogens is 330 g/mol. The van der Waals surface area contributed by atoms with Crippen LogP contribution in [-0.2, 0) is 11.8 Å². The molecule has 0 saturated heterocycles. The molecule has 2 aromatic carbocycles. The molecule has 2 aliphatic heterocycles. The van der Waals surface area contributed by atoms with Gasteiger partial charge in [0, 0.05) is 12.0 Å². The van der Waals surface area contributed by atoms with Crippen molar-refractivity contribution in [2.75, 3.05) is 13.3 Å². The van der Waals surface area contributed by atoms with Crippen LogP contribution in [0.5, 0.6) is 17.2 Å². The third-order valence-electron chi connectivity index (χ3n) is 4.79. The van der Waals surface area contributed by atoms with Crippen molar-refractivity contribution in [1.29, 1.82) is 0 Å². The molecule has 0 aromatic heterocycles. The van der Waals surface area contributed by atoms with Crippen molar-refractivity contribution in [2.24, 2.45) is 0 Å². The summed E-state index contributed by atoms with van der Waals surface area (Å²) in [5.41, 5.74) is 3.17. The Hall–Kier alpha value is -2.69. The molecule has 136 valence electrons.